The van der Waals surface area contributed by atoms with Crippen LogP contribution in [0.4, 0.5) is 5.13 Å². The lowest BCUT2D eigenvalue weighted by atomic mass is 10.1. The highest BCUT2D eigenvalue weighted by Crippen LogP contribution is 2.31. The van der Waals surface area contributed by atoms with Crippen LogP contribution in [0, 0.1) is 0 Å². The Morgan fingerprint density at radius 1 is 1.07 bits per heavy atom. The first-order valence-electron chi connectivity index (χ1n) is 10.3. The molecule has 160 valence electrons. The molecule has 0 aliphatic heterocycles. The van der Waals surface area contributed by atoms with Crippen molar-refractivity contribution in [3.05, 3.63) is 52.5 Å². The van der Waals surface area contributed by atoms with Gasteiger partial charge in [0, 0.05) is 17.6 Å². The molecule has 0 saturated heterocycles. The maximum absolute atomic E-state index is 13.3. The fourth-order valence-corrected chi connectivity index (χ4v) is 4.81. The molecule has 0 atom stereocenters. The van der Waals surface area contributed by atoms with Gasteiger partial charge in [-0.2, -0.15) is 0 Å². The number of carbonyl (C=O) groups excluding carboxylic acids is 1. The third-order valence-corrected chi connectivity index (χ3v) is 6.53. The average Bonchev–Trinajstić information content (AvgIpc) is 3.15. The van der Waals surface area contributed by atoms with Gasteiger partial charge in [-0.15, -0.1) is 0 Å². The van der Waals surface area contributed by atoms with Crippen LogP contribution in [-0.2, 0) is 11.2 Å². The third-order valence-electron chi connectivity index (χ3n) is 5.00. The molecule has 0 radical (unpaired) electrons. The molecule has 2 aromatic carbocycles. The predicted octanol–water partition coefficient (Wildman–Crippen LogP) is 5.38. The number of thiazole rings is 1. The van der Waals surface area contributed by atoms with Gasteiger partial charge in [0.25, 0.3) is 0 Å². The van der Waals surface area contributed by atoms with Crippen molar-refractivity contribution in [1.29, 1.82) is 0 Å². The number of hydrogen-bond donors (Lipinski definition) is 0. The Hall–Kier alpha value is -1.96. The molecule has 0 unspecified atom stereocenters. The van der Waals surface area contributed by atoms with Gasteiger partial charge in [0.15, 0.2) is 5.13 Å². The number of likely N-dealkylation sites (N-methyl/N-ethyl adjacent to an activating group) is 1. The molecule has 5 nitrogen and oxygen atoms in total. The van der Waals surface area contributed by atoms with Gasteiger partial charge in [0.2, 0.25) is 5.91 Å². The van der Waals surface area contributed by atoms with E-state index >= 15 is 0 Å². The van der Waals surface area contributed by atoms with E-state index in [2.05, 4.69) is 40.7 Å². The Morgan fingerprint density at radius 3 is 2.47 bits per heavy atom. The van der Waals surface area contributed by atoms with Gasteiger partial charge < -0.3 is 9.64 Å². The number of anilines is 1. The molecule has 0 fully saturated rings. The van der Waals surface area contributed by atoms with Crippen molar-refractivity contribution in [2.45, 2.75) is 27.2 Å². The second kappa shape index (κ2) is 10.9. The van der Waals surface area contributed by atoms with Gasteiger partial charge in [-0.05, 0) is 55.9 Å². The van der Waals surface area contributed by atoms with E-state index in [0.717, 1.165) is 50.8 Å². The first kappa shape index (κ1) is 22.7. The van der Waals surface area contributed by atoms with Crippen LogP contribution in [0.1, 0.15) is 26.3 Å². The van der Waals surface area contributed by atoms with Crippen LogP contribution >= 0.6 is 27.3 Å². The number of hydrogen-bond acceptors (Lipinski definition) is 5. The number of amides is 1. The minimum Gasteiger partial charge on any atom is -0.494 e. The number of halogens is 1. The highest BCUT2D eigenvalue weighted by atomic mass is 79.9. The summed E-state index contributed by atoms with van der Waals surface area (Å²) in [6, 6.07) is 13.8. The van der Waals surface area contributed by atoms with E-state index in [9.17, 15) is 4.79 Å². The quantitative estimate of drug-likeness (QED) is 0.383. The molecular formula is C23H28BrN3O2S. The number of ether oxygens (including phenoxy) is 1. The molecule has 0 saturated carbocycles. The number of fused-ring (bicyclic) bond motifs is 1. The van der Waals surface area contributed by atoms with Crippen LogP contribution in [-0.4, -0.2) is 48.6 Å². The van der Waals surface area contributed by atoms with Gasteiger partial charge in [-0.3, -0.25) is 9.69 Å². The SMILES string of the molecule is CCOc1ccc(CC(=O)N(CCN(CC)CC)c2nc3ccc(Br)cc3s2)cc1. The first-order valence-corrected chi connectivity index (χ1v) is 12.0. The lowest BCUT2D eigenvalue weighted by Gasteiger charge is -2.24. The average molecular weight is 490 g/mol. The topological polar surface area (TPSA) is 45.7 Å². The summed E-state index contributed by atoms with van der Waals surface area (Å²) in [6.07, 6.45) is 0.338. The monoisotopic (exact) mass is 489 g/mol. The standard InChI is InChI=1S/C23H28BrN3O2S/c1-4-26(5-2)13-14-27(23-25-20-12-9-18(24)16-21(20)30-23)22(28)15-17-7-10-19(11-8-17)29-6-3/h7-12,16H,4-6,13-15H2,1-3H3. The minimum absolute atomic E-state index is 0.0597. The number of carbonyl (C=O) groups is 1. The van der Waals surface area contributed by atoms with Crippen LogP contribution in [0.3, 0.4) is 0 Å². The third kappa shape index (κ3) is 5.80. The van der Waals surface area contributed by atoms with E-state index in [1.165, 1.54) is 0 Å². The van der Waals surface area contributed by atoms with Crippen LogP contribution in [0.5, 0.6) is 5.75 Å². The van der Waals surface area contributed by atoms with Crippen molar-refractivity contribution >= 4 is 48.5 Å². The highest BCUT2D eigenvalue weighted by Gasteiger charge is 2.21. The molecule has 30 heavy (non-hydrogen) atoms. The fourth-order valence-electron chi connectivity index (χ4n) is 3.25. The molecule has 0 aliphatic carbocycles. The molecule has 1 amide bonds. The largest absolute Gasteiger partial charge is 0.494 e. The van der Waals surface area contributed by atoms with Crippen LogP contribution in [0.15, 0.2) is 46.9 Å². The van der Waals surface area contributed by atoms with Crippen molar-refractivity contribution in [1.82, 2.24) is 9.88 Å². The van der Waals surface area contributed by atoms with Gasteiger partial charge in [0.05, 0.1) is 23.2 Å². The highest BCUT2D eigenvalue weighted by molar-refractivity contribution is 9.10. The molecule has 1 aromatic heterocycles. The van der Waals surface area contributed by atoms with Gasteiger partial charge >= 0.3 is 0 Å². The molecule has 0 aliphatic rings. The number of nitrogens with zero attached hydrogens (tertiary/aromatic N) is 3. The van der Waals surface area contributed by atoms with E-state index in [0.29, 0.717) is 19.6 Å². The van der Waals surface area contributed by atoms with E-state index in [1.54, 1.807) is 11.3 Å². The molecule has 3 rings (SSSR count). The Balaban J connectivity index is 1.82. The molecule has 0 bridgehead atoms. The van der Waals surface area contributed by atoms with Crippen molar-refractivity contribution in [2.75, 3.05) is 37.7 Å². The summed E-state index contributed by atoms with van der Waals surface area (Å²) in [5.41, 5.74) is 1.89. The molecule has 1 heterocycles. The second-order valence-electron chi connectivity index (χ2n) is 6.93. The Labute approximate surface area is 190 Å². The van der Waals surface area contributed by atoms with Crippen LogP contribution in [0.25, 0.3) is 10.2 Å². The van der Waals surface area contributed by atoms with E-state index < -0.39 is 0 Å². The fraction of sp³-hybridized carbons (Fsp3) is 0.391. The second-order valence-corrected chi connectivity index (χ2v) is 8.86. The van der Waals surface area contributed by atoms with Gasteiger partial charge in [-0.25, -0.2) is 4.98 Å². The van der Waals surface area contributed by atoms with Crippen molar-refractivity contribution in [3.8, 4) is 5.75 Å². The summed E-state index contributed by atoms with van der Waals surface area (Å²) < 4.78 is 7.59. The predicted molar refractivity (Wildman–Crippen MR) is 129 cm³/mol. The number of benzene rings is 2. The summed E-state index contributed by atoms with van der Waals surface area (Å²) in [5, 5.41) is 0.756. The maximum Gasteiger partial charge on any atom is 0.233 e. The Kier molecular flexibility index (Phi) is 8.24. The van der Waals surface area contributed by atoms with E-state index in [-0.39, 0.29) is 5.91 Å². The summed E-state index contributed by atoms with van der Waals surface area (Å²) in [6.45, 7) is 10.2. The normalized spacial score (nSPS) is 11.2. The first-order chi connectivity index (χ1) is 14.5. The summed E-state index contributed by atoms with van der Waals surface area (Å²) in [5.74, 6) is 0.883. The molecule has 7 heteroatoms. The molecule has 0 N–H and O–H groups in total. The van der Waals surface area contributed by atoms with Crippen molar-refractivity contribution < 1.29 is 9.53 Å². The zero-order valence-electron chi connectivity index (χ0n) is 17.7. The lowest BCUT2D eigenvalue weighted by Crippen LogP contribution is -2.39. The summed E-state index contributed by atoms with van der Waals surface area (Å²) in [4.78, 5) is 22.2. The summed E-state index contributed by atoms with van der Waals surface area (Å²) >= 11 is 5.08. The smallest absolute Gasteiger partial charge is 0.233 e. The summed E-state index contributed by atoms with van der Waals surface area (Å²) in [7, 11) is 0. The van der Waals surface area contributed by atoms with Gasteiger partial charge in [-0.1, -0.05) is 53.2 Å². The van der Waals surface area contributed by atoms with Crippen molar-refractivity contribution in [2.24, 2.45) is 0 Å². The molecule has 3 aromatic rings. The zero-order chi connectivity index (χ0) is 21.5. The maximum atomic E-state index is 13.3. The molecular weight excluding hydrogens is 462 g/mol. The number of rotatable bonds is 10. The van der Waals surface area contributed by atoms with E-state index in [1.807, 2.05) is 48.2 Å². The minimum atomic E-state index is 0.0597. The van der Waals surface area contributed by atoms with Crippen LogP contribution < -0.4 is 9.64 Å². The lowest BCUT2D eigenvalue weighted by molar-refractivity contribution is -0.118. The molecule has 0 spiro atoms. The Bertz CT molecular complexity index is 970. The van der Waals surface area contributed by atoms with Gasteiger partial charge in [0.1, 0.15) is 5.75 Å². The zero-order valence-corrected chi connectivity index (χ0v) is 20.1. The van der Waals surface area contributed by atoms with E-state index in [4.69, 9.17) is 9.72 Å². The van der Waals surface area contributed by atoms with Crippen molar-refractivity contribution in [3.63, 3.8) is 0 Å². The number of aromatic nitrogens is 1. The van der Waals surface area contributed by atoms with Crippen LogP contribution in [0.2, 0.25) is 0 Å². The Morgan fingerprint density at radius 2 is 1.80 bits per heavy atom.